The molecule has 2 atom stereocenters. The molecule has 2 aliphatic carbocycles. The number of rotatable bonds is 2. The first-order chi connectivity index (χ1) is 5.40. The minimum absolute atomic E-state index is 1.08. The molecule has 2 unspecified atom stereocenters. The molecule has 2 aliphatic rings. The van der Waals surface area contributed by atoms with Crippen LogP contribution >= 0.6 is 11.8 Å². The molecular formula is C10H18S. The number of thioether (sulfide) groups is 1. The van der Waals surface area contributed by atoms with Crippen LogP contribution in [0.3, 0.4) is 0 Å². The van der Waals surface area contributed by atoms with E-state index in [4.69, 9.17) is 0 Å². The molecule has 0 nitrogen and oxygen atoms in total. The molecule has 0 aliphatic heterocycles. The van der Waals surface area contributed by atoms with E-state index >= 15 is 0 Å². The highest BCUT2D eigenvalue weighted by molar-refractivity contribution is 7.98. The predicted molar refractivity (Wildman–Crippen MR) is 51.9 cm³/mol. The van der Waals surface area contributed by atoms with E-state index in [2.05, 4.69) is 6.26 Å². The molecule has 1 heteroatoms. The zero-order chi connectivity index (χ0) is 7.68. The number of hydrogen-bond donors (Lipinski definition) is 0. The van der Waals surface area contributed by atoms with Gasteiger partial charge in [0.25, 0.3) is 0 Å². The van der Waals surface area contributed by atoms with Gasteiger partial charge in [-0.1, -0.05) is 19.3 Å². The van der Waals surface area contributed by atoms with Crippen LogP contribution in [0, 0.1) is 17.8 Å². The van der Waals surface area contributed by atoms with E-state index in [1.807, 2.05) is 11.8 Å². The molecule has 0 amide bonds. The normalized spacial score (nSPS) is 42.8. The molecule has 0 bridgehead atoms. The van der Waals surface area contributed by atoms with Gasteiger partial charge in [-0.3, -0.25) is 0 Å². The number of hydrogen-bond acceptors (Lipinski definition) is 1. The maximum atomic E-state index is 2.24. The predicted octanol–water partition coefficient (Wildman–Crippen LogP) is 3.18. The standard InChI is InChI=1S/C10H18S/c1-11-7-8-5-9-3-2-4-10(9)6-8/h8-10H,2-7H2,1H3. The molecule has 64 valence electrons. The topological polar surface area (TPSA) is 0 Å². The summed E-state index contributed by atoms with van der Waals surface area (Å²) in [5, 5.41) is 0. The number of fused-ring (bicyclic) bond motifs is 1. The van der Waals surface area contributed by atoms with Gasteiger partial charge in [-0.25, -0.2) is 0 Å². The maximum absolute atomic E-state index is 2.24. The lowest BCUT2D eigenvalue weighted by Gasteiger charge is -2.07. The quantitative estimate of drug-likeness (QED) is 0.613. The average Bonchev–Trinajstić information content (AvgIpc) is 2.46. The lowest BCUT2D eigenvalue weighted by molar-refractivity contribution is 0.457. The molecule has 2 fully saturated rings. The van der Waals surface area contributed by atoms with Crippen molar-refractivity contribution in [3.05, 3.63) is 0 Å². The van der Waals surface area contributed by atoms with E-state index in [0.29, 0.717) is 0 Å². The molecule has 0 aromatic rings. The van der Waals surface area contributed by atoms with Crippen molar-refractivity contribution in [1.29, 1.82) is 0 Å². The van der Waals surface area contributed by atoms with Crippen LogP contribution in [-0.4, -0.2) is 12.0 Å². The molecule has 0 aromatic carbocycles. The summed E-state index contributed by atoms with van der Waals surface area (Å²) in [4.78, 5) is 0. The van der Waals surface area contributed by atoms with Crippen molar-refractivity contribution in [2.75, 3.05) is 12.0 Å². The Bertz CT molecular complexity index is 121. The van der Waals surface area contributed by atoms with E-state index in [9.17, 15) is 0 Å². The van der Waals surface area contributed by atoms with Gasteiger partial charge in [0.15, 0.2) is 0 Å². The van der Waals surface area contributed by atoms with Crippen molar-refractivity contribution in [3.8, 4) is 0 Å². The molecule has 0 radical (unpaired) electrons. The SMILES string of the molecule is CSCC1CC2CCCC2C1. The van der Waals surface area contributed by atoms with Gasteiger partial charge in [-0.15, -0.1) is 0 Å². The smallest absolute Gasteiger partial charge is 0.00417 e. The minimum Gasteiger partial charge on any atom is -0.165 e. The zero-order valence-corrected chi connectivity index (χ0v) is 8.20. The highest BCUT2D eigenvalue weighted by Gasteiger charge is 2.36. The molecular weight excluding hydrogens is 152 g/mol. The fraction of sp³-hybridized carbons (Fsp3) is 1.00. The maximum Gasteiger partial charge on any atom is -0.00417 e. The average molecular weight is 170 g/mol. The Morgan fingerprint density at radius 2 is 1.82 bits per heavy atom. The molecule has 2 saturated carbocycles. The summed E-state index contributed by atoms with van der Waals surface area (Å²) in [6, 6.07) is 0. The third-order valence-corrected chi connectivity index (χ3v) is 4.30. The van der Waals surface area contributed by atoms with E-state index in [0.717, 1.165) is 17.8 Å². The van der Waals surface area contributed by atoms with Crippen molar-refractivity contribution in [3.63, 3.8) is 0 Å². The van der Waals surface area contributed by atoms with Crippen LogP contribution in [0.1, 0.15) is 32.1 Å². The Morgan fingerprint density at radius 3 is 2.36 bits per heavy atom. The zero-order valence-electron chi connectivity index (χ0n) is 7.38. The Balaban J connectivity index is 1.84. The molecule has 0 spiro atoms. The summed E-state index contributed by atoms with van der Waals surface area (Å²) >= 11 is 2.04. The molecule has 0 heterocycles. The van der Waals surface area contributed by atoms with Gasteiger partial charge < -0.3 is 0 Å². The van der Waals surface area contributed by atoms with Gasteiger partial charge in [0.1, 0.15) is 0 Å². The summed E-state index contributed by atoms with van der Waals surface area (Å²) in [6.07, 6.45) is 10.00. The second-order valence-corrected chi connectivity index (χ2v) is 5.15. The summed E-state index contributed by atoms with van der Waals surface area (Å²) < 4.78 is 0. The Hall–Kier alpha value is 0.350. The van der Waals surface area contributed by atoms with Crippen LogP contribution in [-0.2, 0) is 0 Å². The first kappa shape index (κ1) is 7.97. The Labute approximate surface area is 74.1 Å². The van der Waals surface area contributed by atoms with Gasteiger partial charge in [0.05, 0.1) is 0 Å². The van der Waals surface area contributed by atoms with Crippen LogP contribution < -0.4 is 0 Å². The van der Waals surface area contributed by atoms with Crippen LogP contribution in [0.5, 0.6) is 0 Å². The van der Waals surface area contributed by atoms with Crippen molar-refractivity contribution in [1.82, 2.24) is 0 Å². The summed E-state index contributed by atoms with van der Waals surface area (Å²) in [5.41, 5.74) is 0. The van der Waals surface area contributed by atoms with Gasteiger partial charge >= 0.3 is 0 Å². The van der Waals surface area contributed by atoms with Crippen molar-refractivity contribution >= 4 is 11.8 Å². The van der Waals surface area contributed by atoms with Gasteiger partial charge in [0.2, 0.25) is 0 Å². The molecule has 0 N–H and O–H groups in total. The van der Waals surface area contributed by atoms with E-state index in [1.165, 1.54) is 12.2 Å². The van der Waals surface area contributed by atoms with Crippen LogP contribution in [0.2, 0.25) is 0 Å². The first-order valence-corrected chi connectivity index (χ1v) is 6.28. The van der Waals surface area contributed by atoms with E-state index < -0.39 is 0 Å². The summed E-state index contributed by atoms with van der Waals surface area (Å²) in [5.74, 6) is 4.80. The Kier molecular flexibility index (Phi) is 2.45. The van der Waals surface area contributed by atoms with Gasteiger partial charge in [0, 0.05) is 0 Å². The van der Waals surface area contributed by atoms with Gasteiger partial charge in [-0.2, -0.15) is 11.8 Å². The summed E-state index contributed by atoms with van der Waals surface area (Å²) in [6.45, 7) is 0. The lowest BCUT2D eigenvalue weighted by Crippen LogP contribution is -1.98. The molecule has 11 heavy (non-hydrogen) atoms. The molecule has 0 saturated heterocycles. The van der Waals surface area contributed by atoms with Gasteiger partial charge in [-0.05, 0) is 42.6 Å². The highest BCUT2D eigenvalue weighted by Crippen LogP contribution is 2.47. The monoisotopic (exact) mass is 170 g/mol. The first-order valence-electron chi connectivity index (χ1n) is 4.89. The minimum atomic E-state index is 1.08. The Morgan fingerprint density at radius 1 is 1.18 bits per heavy atom. The van der Waals surface area contributed by atoms with Crippen LogP contribution in [0.15, 0.2) is 0 Å². The lowest BCUT2D eigenvalue weighted by atomic mass is 10.0. The summed E-state index contributed by atoms with van der Waals surface area (Å²) in [7, 11) is 0. The third kappa shape index (κ3) is 1.58. The second kappa shape index (κ2) is 3.38. The third-order valence-electron chi connectivity index (χ3n) is 3.49. The van der Waals surface area contributed by atoms with E-state index in [-0.39, 0.29) is 0 Å². The van der Waals surface area contributed by atoms with Crippen LogP contribution in [0.25, 0.3) is 0 Å². The molecule has 2 rings (SSSR count). The van der Waals surface area contributed by atoms with E-state index in [1.54, 1.807) is 25.7 Å². The largest absolute Gasteiger partial charge is 0.165 e. The fourth-order valence-corrected chi connectivity index (χ4v) is 3.80. The van der Waals surface area contributed by atoms with Crippen molar-refractivity contribution in [2.45, 2.75) is 32.1 Å². The highest BCUT2D eigenvalue weighted by atomic mass is 32.2. The van der Waals surface area contributed by atoms with Crippen molar-refractivity contribution < 1.29 is 0 Å². The molecule has 0 aromatic heterocycles. The van der Waals surface area contributed by atoms with Crippen molar-refractivity contribution in [2.24, 2.45) is 17.8 Å². The second-order valence-electron chi connectivity index (χ2n) is 4.24. The van der Waals surface area contributed by atoms with Crippen LogP contribution in [0.4, 0.5) is 0 Å². The fourth-order valence-electron chi connectivity index (χ4n) is 3.06.